The molecule has 2 N–H and O–H groups in total. The number of urea groups is 1. The Kier molecular flexibility index (Phi) is 4.61. The third-order valence-corrected chi connectivity index (χ3v) is 3.76. The van der Waals surface area contributed by atoms with Crippen LogP contribution >= 0.6 is 0 Å². The molecule has 0 bridgehead atoms. The third kappa shape index (κ3) is 3.91. The Bertz CT molecular complexity index is 676. The van der Waals surface area contributed by atoms with Crippen LogP contribution in [-0.4, -0.2) is 29.9 Å². The van der Waals surface area contributed by atoms with Gasteiger partial charge in [-0.1, -0.05) is 6.07 Å². The number of nitrogens with one attached hydrogen (secondary N) is 2. The summed E-state index contributed by atoms with van der Waals surface area (Å²) in [6.45, 7) is 1.92. The van der Waals surface area contributed by atoms with E-state index in [4.69, 9.17) is 4.42 Å². The molecule has 0 spiro atoms. The number of anilines is 1. The Morgan fingerprint density at radius 2 is 1.96 bits per heavy atom. The van der Waals surface area contributed by atoms with Crippen molar-refractivity contribution in [1.82, 2.24) is 10.2 Å². The molecule has 6 nitrogen and oxygen atoms in total. The molecule has 2 heterocycles. The molecule has 0 aliphatic carbocycles. The molecule has 1 aliphatic rings. The molecule has 0 atom stereocenters. The van der Waals surface area contributed by atoms with Crippen molar-refractivity contribution in [2.45, 2.75) is 19.4 Å². The Balaban J connectivity index is 1.58. The highest BCUT2D eigenvalue weighted by molar-refractivity contribution is 5.97. The van der Waals surface area contributed by atoms with Gasteiger partial charge in [-0.3, -0.25) is 4.79 Å². The van der Waals surface area contributed by atoms with E-state index in [0.29, 0.717) is 23.6 Å². The van der Waals surface area contributed by atoms with Crippen molar-refractivity contribution in [3.8, 4) is 0 Å². The SMILES string of the molecule is O=C(NCc1ccco1)Nc1cccc(C(=O)N2CCCC2)c1. The van der Waals surface area contributed by atoms with Gasteiger partial charge >= 0.3 is 6.03 Å². The summed E-state index contributed by atoms with van der Waals surface area (Å²) in [5, 5.41) is 5.43. The normalized spacial score (nSPS) is 13.8. The van der Waals surface area contributed by atoms with E-state index in [1.54, 1.807) is 42.7 Å². The van der Waals surface area contributed by atoms with Gasteiger partial charge in [0.15, 0.2) is 0 Å². The van der Waals surface area contributed by atoms with Gasteiger partial charge in [0.1, 0.15) is 5.76 Å². The van der Waals surface area contributed by atoms with Gasteiger partial charge in [-0.25, -0.2) is 4.79 Å². The highest BCUT2D eigenvalue weighted by Crippen LogP contribution is 2.16. The van der Waals surface area contributed by atoms with Gasteiger partial charge in [0.2, 0.25) is 0 Å². The van der Waals surface area contributed by atoms with Crippen molar-refractivity contribution in [3.05, 3.63) is 54.0 Å². The smallest absolute Gasteiger partial charge is 0.319 e. The molecule has 23 heavy (non-hydrogen) atoms. The molecule has 1 saturated heterocycles. The number of carbonyl (C=O) groups excluding carboxylic acids is 2. The summed E-state index contributed by atoms with van der Waals surface area (Å²) in [7, 11) is 0. The molecule has 1 aromatic heterocycles. The number of nitrogens with zero attached hydrogens (tertiary/aromatic N) is 1. The Morgan fingerprint density at radius 3 is 2.70 bits per heavy atom. The van der Waals surface area contributed by atoms with Gasteiger partial charge in [0, 0.05) is 24.3 Å². The molecule has 1 aliphatic heterocycles. The van der Waals surface area contributed by atoms with E-state index in [-0.39, 0.29) is 11.9 Å². The van der Waals surface area contributed by atoms with E-state index >= 15 is 0 Å². The monoisotopic (exact) mass is 313 g/mol. The number of furan rings is 1. The zero-order chi connectivity index (χ0) is 16.1. The van der Waals surface area contributed by atoms with Gasteiger partial charge < -0.3 is 20.0 Å². The summed E-state index contributed by atoms with van der Waals surface area (Å²) in [6, 6.07) is 10.2. The van der Waals surface area contributed by atoms with E-state index in [1.807, 2.05) is 4.90 Å². The number of hydrogen-bond donors (Lipinski definition) is 2. The topological polar surface area (TPSA) is 74.6 Å². The summed E-state index contributed by atoms with van der Waals surface area (Å²) in [4.78, 5) is 26.1. The van der Waals surface area contributed by atoms with Gasteiger partial charge in [0.25, 0.3) is 5.91 Å². The molecule has 0 saturated carbocycles. The molecule has 0 unspecified atom stereocenters. The third-order valence-electron chi connectivity index (χ3n) is 3.76. The maximum atomic E-state index is 12.4. The molecule has 120 valence electrons. The van der Waals surface area contributed by atoms with Gasteiger partial charge in [-0.05, 0) is 43.2 Å². The standard InChI is InChI=1S/C17H19N3O3/c21-16(20-8-1-2-9-20)13-5-3-6-14(11-13)19-17(22)18-12-15-7-4-10-23-15/h3-7,10-11H,1-2,8-9,12H2,(H2,18,19,22). The Hall–Kier alpha value is -2.76. The molecule has 1 aromatic carbocycles. The van der Waals surface area contributed by atoms with E-state index in [9.17, 15) is 9.59 Å². The van der Waals surface area contributed by atoms with Crippen molar-refractivity contribution in [3.63, 3.8) is 0 Å². The van der Waals surface area contributed by atoms with Crippen LogP contribution in [0.1, 0.15) is 29.0 Å². The van der Waals surface area contributed by atoms with Gasteiger partial charge in [-0.2, -0.15) is 0 Å². The number of rotatable bonds is 4. The summed E-state index contributed by atoms with van der Waals surface area (Å²) in [6.07, 6.45) is 3.67. The average Bonchev–Trinajstić information content (AvgIpc) is 3.26. The van der Waals surface area contributed by atoms with E-state index in [2.05, 4.69) is 10.6 Å². The maximum Gasteiger partial charge on any atom is 0.319 e. The van der Waals surface area contributed by atoms with Crippen LogP contribution < -0.4 is 10.6 Å². The van der Waals surface area contributed by atoms with Gasteiger partial charge in [0.05, 0.1) is 12.8 Å². The van der Waals surface area contributed by atoms with Crippen molar-refractivity contribution in [1.29, 1.82) is 0 Å². The first-order valence-corrected chi connectivity index (χ1v) is 7.69. The van der Waals surface area contributed by atoms with Crippen LogP contribution in [0.25, 0.3) is 0 Å². The largest absolute Gasteiger partial charge is 0.467 e. The first-order valence-electron chi connectivity index (χ1n) is 7.69. The lowest BCUT2D eigenvalue weighted by molar-refractivity contribution is 0.0793. The van der Waals surface area contributed by atoms with Crippen LogP contribution in [0.15, 0.2) is 47.1 Å². The Morgan fingerprint density at radius 1 is 1.13 bits per heavy atom. The first kappa shape index (κ1) is 15.1. The van der Waals surface area contributed by atoms with Crippen LogP contribution in [0, 0.1) is 0 Å². The minimum Gasteiger partial charge on any atom is -0.467 e. The quantitative estimate of drug-likeness (QED) is 0.911. The van der Waals surface area contributed by atoms with Crippen LogP contribution in [0.4, 0.5) is 10.5 Å². The molecule has 3 rings (SSSR count). The van der Waals surface area contributed by atoms with Crippen LogP contribution in [0.2, 0.25) is 0 Å². The second kappa shape index (κ2) is 7.00. The second-order valence-electron chi connectivity index (χ2n) is 5.47. The predicted molar refractivity (Wildman–Crippen MR) is 86.1 cm³/mol. The van der Waals surface area contributed by atoms with E-state index in [0.717, 1.165) is 25.9 Å². The molecule has 3 amide bonds. The molecular weight excluding hydrogens is 294 g/mol. The molecule has 2 aromatic rings. The second-order valence-corrected chi connectivity index (χ2v) is 5.47. The number of hydrogen-bond acceptors (Lipinski definition) is 3. The van der Waals surface area contributed by atoms with E-state index in [1.165, 1.54) is 0 Å². The van der Waals surface area contributed by atoms with Crippen molar-refractivity contribution in [2.24, 2.45) is 0 Å². The molecular formula is C17H19N3O3. The number of likely N-dealkylation sites (tertiary alicyclic amines) is 1. The van der Waals surface area contributed by atoms with Crippen LogP contribution in [-0.2, 0) is 6.54 Å². The lowest BCUT2D eigenvalue weighted by atomic mass is 10.2. The summed E-state index contributed by atoms with van der Waals surface area (Å²) >= 11 is 0. The highest BCUT2D eigenvalue weighted by Gasteiger charge is 2.19. The minimum absolute atomic E-state index is 0.0159. The maximum absolute atomic E-state index is 12.4. The summed E-state index contributed by atoms with van der Waals surface area (Å²) in [5.74, 6) is 0.695. The molecule has 6 heteroatoms. The lowest BCUT2D eigenvalue weighted by Gasteiger charge is -2.15. The Labute approximate surface area is 134 Å². The zero-order valence-electron chi connectivity index (χ0n) is 12.7. The molecule has 1 fully saturated rings. The highest BCUT2D eigenvalue weighted by atomic mass is 16.3. The molecule has 0 radical (unpaired) electrons. The summed E-state index contributed by atoms with van der Waals surface area (Å²) < 4.78 is 5.15. The van der Waals surface area contributed by atoms with Gasteiger partial charge in [-0.15, -0.1) is 0 Å². The first-order chi connectivity index (χ1) is 11.2. The van der Waals surface area contributed by atoms with Crippen molar-refractivity contribution in [2.75, 3.05) is 18.4 Å². The zero-order valence-corrected chi connectivity index (χ0v) is 12.7. The summed E-state index contributed by atoms with van der Waals surface area (Å²) in [5.41, 5.74) is 1.18. The average molecular weight is 313 g/mol. The number of benzene rings is 1. The lowest BCUT2D eigenvalue weighted by Crippen LogP contribution is -2.29. The van der Waals surface area contributed by atoms with Crippen LogP contribution in [0.3, 0.4) is 0 Å². The fourth-order valence-corrected chi connectivity index (χ4v) is 2.59. The number of carbonyl (C=O) groups is 2. The predicted octanol–water partition coefficient (Wildman–Crippen LogP) is 2.84. The minimum atomic E-state index is -0.341. The van der Waals surface area contributed by atoms with Crippen molar-refractivity contribution >= 4 is 17.6 Å². The fourth-order valence-electron chi connectivity index (χ4n) is 2.59. The van der Waals surface area contributed by atoms with Crippen LogP contribution in [0.5, 0.6) is 0 Å². The van der Waals surface area contributed by atoms with E-state index < -0.39 is 0 Å². The number of amides is 3. The van der Waals surface area contributed by atoms with Crippen molar-refractivity contribution < 1.29 is 14.0 Å². The fraction of sp³-hybridized carbons (Fsp3) is 0.294.